The Balaban J connectivity index is 2.50. The lowest BCUT2D eigenvalue weighted by Crippen LogP contribution is -2.37. The number of carbonyl (C=O) groups excluding carboxylic acids is 1. The maximum Gasteiger partial charge on any atom is 0.254 e. The predicted molar refractivity (Wildman–Crippen MR) is 78.8 cm³/mol. The molecule has 0 aliphatic carbocycles. The molecule has 0 aliphatic heterocycles. The molecule has 0 aromatic heterocycles. The minimum atomic E-state index is -0.518. The summed E-state index contributed by atoms with van der Waals surface area (Å²) in [5.74, 6) is -0.897. The van der Waals surface area contributed by atoms with Crippen LogP contribution in [0, 0.1) is 5.82 Å². The third kappa shape index (κ3) is 4.58. The summed E-state index contributed by atoms with van der Waals surface area (Å²) >= 11 is 3.07. The fraction of sp³-hybridized carbons (Fsp3) is 0.500. The second-order valence-electron chi connectivity index (χ2n) is 4.60. The van der Waals surface area contributed by atoms with Crippen molar-refractivity contribution in [1.29, 1.82) is 0 Å². The van der Waals surface area contributed by atoms with Gasteiger partial charge < -0.3 is 10.2 Å². The molecule has 3 nitrogen and oxygen atoms in total. The van der Waals surface area contributed by atoms with E-state index in [1.807, 2.05) is 7.05 Å². The Hall–Kier alpha value is -0.940. The van der Waals surface area contributed by atoms with Crippen molar-refractivity contribution in [2.24, 2.45) is 0 Å². The number of nitrogens with zero attached hydrogens (tertiary/aromatic N) is 1. The summed E-state index contributed by atoms with van der Waals surface area (Å²) in [5, 5.41) is 2.74. The van der Waals surface area contributed by atoms with Crippen molar-refractivity contribution in [3.05, 3.63) is 34.1 Å². The van der Waals surface area contributed by atoms with Gasteiger partial charge in [-0.05, 0) is 48.5 Å². The number of rotatable bonds is 6. The summed E-state index contributed by atoms with van der Waals surface area (Å²) in [4.78, 5) is 14.0. The number of hydrogen-bond acceptors (Lipinski definition) is 2. The first-order valence-electron chi connectivity index (χ1n) is 6.39. The molecule has 0 saturated carbocycles. The lowest BCUT2D eigenvalue weighted by atomic mass is 10.2. The second-order valence-corrected chi connectivity index (χ2v) is 5.45. The predicted octanol–water partition coefficient (Wildman–Crippen LogP) is 3.05. The van der Waals surface area contributed by atoms with Gasteiger partial charge in [-0.1, -0.05) is 13.0 Å². The summed E-state index contributed by atoms with van der Waals surface area (Å²) in [7, 11) is 2.01. The molecular weight excluding hydrogens is 311 g/mol. The van der Waals surface area contributed by atoms with Crippen LogP contribution in [0.25, 0.3) is 0 Å². The fourth-order valence-electron chi connectivity index (χ4n) is 1.65. The summed E-state index contributed by atoms with van der Waals surface area (Å²) in [6.07, 6.45) is 1.06. The highest BCUT2D eigenvalue weighted by molar-refractivity contribution is 9.10. The van der Waals surface area contributed by atoms with E-state index in [0.717, 1.165) is 13.0 Å². The molecule has 19 heavy (non-hydrogen) atoms. The first kappa shape index (κ1) is 16.1. The summed E-state index contributed by atoms with van der Waals surface area (Å²) in [6, 6.07) is 5.17. The molecule has 106 valence electrons. The summed E-state index contributed by atoms with van der Waals surface area (Å²) in [5.41, 5.74) is 0.0700. The number of amides is 1. The molecule has 0 heterocycles. The largest absolute Gasteiger partial charge is 0.351 e. The standard InChI is InChI=1S/C14H20BrFN2O/c1-4-10(2)18(3)9-8-17-14(19)11-6-5-7-12(15)13(11)16/h5-7,10H,4,8-9H2,1-3H3,(H,17,19). The average Bonchev–Trinajstić information content (AvgIpc) is 2.40. The van der Waals surface area contributed by atoms with E-state index in [4.69, 9.17) is 0 Å². The van der Waals surface area contributed by atoms with Crippen molar-refractivity contribution in [3.63, 3.8) is 0 Å². The Labute approximate surface area is 122 Å². The van der Waals surface area contributed by atoms with Crippen LogP contribution in [-0.4, -0.2) is 37.0 Å². The molecule has 0 spiro atoms. The van der Waals surface area contributed by atoms with Gasteiger partial charge in [0.25, 0.3) is 5.91 Å². The van der Waals surface area contributed by atoms with E-state index < -0.39 is 5.82 Å². The van der Waals surface area contributed by atoms with Crippen molar-refractivity contribution in [1.82, 2.24) is 10.2 Å². The highest BCUT2D eigenvalue weighted by Crippen LogP contribution is 2.18. The summed E-state index contributed by atoms with van der Waals surface area (Å²) < 4.78 is 14.0. The van der Waals surface area contributed by atoms with Gasteiger partial charge >= 0.3 is 0 Å². The maximum absolute atomic E-state index is 13.7. The Morgan fingerprint density at radius 3 is 2.84 bits per heavy atom. The third-order valence-electron chi connectivity index (χ3n) is 3.29. The number of likely N-dealkylation sites (N-methyl/N-ethyl adjacent to an activating group) is 1. The normalized spacial score (nSPS) is 12.5. The number of halogens is 2. The molecule has 0 aliphatic rings. The van der Waals surface area contributed by atoms with Gasteiger partial charge in [-0.25, -0.2) is 4.39 Å². The zero-order valence-corrected chi connectivity index (χ0v) is 13.1. The highest BCUT2D eigenvalue weighted by atomic mass is 79.9. The molecular formula is C14H20BrFN2O. The van der Waals surface area contributed by atoms with Gasteiger partial charge in [0.1, 0.15) is 5.82 Å². The van der Waals surface area contributed by atoms with Crippen LogP contribution in [0.15, 0.2) is 22.7 Å². The van der Waals surface area contributed by atoms with E-state index in [9.17, 15) is 9.18 Å². The van der Waals surface area contributed by atoms with Crippen LogP contribution in [-0.2, 0) is 0 Å². The lowest BCUT2D eigenvalue weighted by molar-refractivity contribution is 0.0943. The van der Waals surface area contributed by atoms with E-state index in [0.29, 0.717) is 17.1 Å². The van der Waals surface area contributed by atoms with Crippen molar-refractivity contribution in [2.75, 3.05) is 20.1 Å². The molecule has 1 aromatic rings. The minimum Gasteiger partial charge on any atom is -0.351 e. The fourth-order valence-corrected chi connectivity index (χ4v) is 2.02. The highest BCUT2D eigenvalue weighted by Gasteiger charge is 2.13. The third-order valence-corrected chi connectivity index (χ3v) is 3.90. The van der Waals surface area contributed by atoms with Crippen LogP contribution in [0.5, 0.6) is 0 Å². The van der Waals surface area contributed by atoms with Gasteiger partial charge in [-0.2, -0.15) is 0 Å². The van der Waals surface area contributed by atoms with Crippen molar-refractivity contribution >= 4 is 21.8 Å². The smallest absolute Gasteiger partial charge is 0.254 e. The molecule has 0 fully saturated rings. The first-order chi connectivity index (χ1) is 8.97. The van der Waals surface area contributed by atoms with Gasteiger partial charge in [-0.3, -0.25) is 4.79 Å². The number of hydrogen-bond donors (Lipinski definition) is 1. The van der Waals surface area contributed by atoms with Crippen molar-refractivity contribution < 1.29 is 9.18 Å². The van der Waals surface area contributed by atoms with Crippen LogP contribution >= 0.6 is 15.9 Å². The SMILES string of the molecule is CCC(C)N(C)CCNC(=O)c1cccc(Br)c1F. The van der Waals surface area contributed by atoms with Crippen LogP contribution in [0.4, 0.5) is 4.39 Å². The Morgan fingerprint density at radius 2 is 2.21 bits per heavy atom. The summed E-state index contributed by atoms with van der Waals surface area (Å²) in [6.45, 7) is 5.51. The second kappa shape index (κ2) is 7.60. The van der Waals surface area contributed by atoms with Crippen LogP contribution < -0.4 is 5.32 Å². The van der Waals surface area contributed by atoms with E-state index >= 15 is 0 Å². The van der Waals surface area contributed by atoms with E-state index in [2.05, 4.69) is 40.0 Å². The number of nitrogens with one attached hydrogen (secondary N) is 1. The number of carbonyl (C=O) groups is 1. The molecule has 0 saturated heterocycles. The Morgan fingerprint density at radius 1 is 1.53 bits per heavy atom. The molecule has 1 aromatic carbocycles. The van der Waals surface area contributed by atoms with Gasteiger partial charge in [0, 0.05) is 19.1 Å². The molecule has 0 radical (unpaired) electrons. The molecule has 0 bridgehead atoms. The van der Waals surface area contributed by atoms with Gasteiger partial charge in [-0.15, -0.1) is 0 Å². The van der Waals surface area contributed by atoms with E-state index in [-0.39, 0.29) is 11.5 Å². The molecule has 1 unspecified atom stereocenters. The van der Waals surface area contributed by atoms with E-state index in [1.54, 1.807) is 12.1 Å². The van der Waals surface area contributed by atoms with Gasteiger partial charge in [0.05, 0.1) is 10.0 Å². The molecule has 1 rings (SSSR count). The van der Waals surface area contributed by atoms with Crippen LogP contribution in [0.2, 0.25) is 0 Å². The maximum atomic E-state index is 13.7. The van der Waals surface area contributed by atoms with Gasteiger partial charge in [0.2, 0.25) is 0 Å². The zero-order valence-electron chi connectivity index (χ0n) is 11.5. The molecule has 1 atom stereocenters. The average molecular weight is 331 g/mol. The molecule has 5 heteroatoms. The lowest BCUT2D eigenvalue weighted by Gasteiger charge is -2.23. The molecule has 1 amide bonds. The van der Waals surface area contributed by atoms with E-state index in [1.165, 1.54) is 6.07 Å². The minimum absolute atomic E-state index is 0.0700. The first-order valence-corrected chi connectivity index (χ1v) is 7.19. The zero-order chi connectivity index (χ0) is 14.4. The van der Waals surface area contributed by atoms with Crippen LogP contribution in [0.3, 0.4) is 0 Å². The van der Waals surface area contributed by atoms with Crippen molar-refractivity contribution in [3.8, 4) is 0 Å². The number of benzene rings is 1. The Kier molecular flexibility index (Phi) is 6.45. The van der Waals surface area contributed by atoms with Gasteiger partial charge in [0.15, 0.2) is 0 Å². The van der Waals surface area contributed by atoms with Crippen molar-refractivity contribution in [2.45, 2.75) is 26.3 Å². The van der Waals surface area contributed by atoms with Crippen LogP contribution in [0.1, 0.15) is 30.6 Å². The quantitative estimate of drug-likeness (QED) is 0.869. The molecule has 1 N–H and O–H groups in total. The topological polar surface area (TPSA) is 32.3 Å². The monoisotopic (exact) mass is 330 g/mol. The Bertz CT molecular complexity index is 439.